The first-order valence-corrected chi connectivity index (χ1v) is 5.51. The van der Waals surface area contributed by atoms with Crippen molar-refractivity contribution in [2.75, 3.05) is 5.73 Å². The number of carboxylic acids is 1. The molecule has 0 spiro atoms. The van der Waals surface area contributed by atoms with Gasteiger partial charge in [0.15, 0.2) is 0 Å². The van der Waals surface area contributed by atoms with Crippen molar-refractivity contribution in [3.05, 3.63) is 22.7 Å². The number of thiophene rings is 1. The van der Waals surface area contributed by atoms with Crippen LogP contribution in [0.15, 0.2) is 18.3 Å². The monoisotopic (exact) mass is 298 g/mol. The molecule has 0 bridgehead atoms. The Bertz CT molecular complexity index is 570. The number of nitrogens with two attached hydrogens (primary N) is 1. The van der Waals surface area contributed by atoms with Crippen molar-refractivity contribution < 1.29 is 23.1 Å². The maximum Gasteiger partial charge on any atom is 0.490 e. The van der Waals surface area contributed by atoms with E-state index in [1.807, 2.05) is 6.07 Å². The van der Waals surface area contributed by atoms with Gasteiger partial charge in [0.25, 0.3) is 0 Å². The summed E-state index contributed by atoms with van der Waals surface area (Å²) in [6, 6.07) is 3.59. The fourth-order valence-corrected chi connectivity index (χ4v) is 2.03. The highest BCUT2D eigenvalue weighted by atomic mass is 35.5. The number of hydrogen-bond donors (Lipinski definition) is 2. The van der Waals surface area contributed by atoms with E-state index in [9.17, 15) is 13.2 Å². The van der Waals surface area contributed by atoms with Crippen LogP contribution in [0.5, 0.6) is 0 Å². The van der Waals surface area contributed by atoms with Crippen LogP contribution in [-0.4, -0.2) is 22.2 Å². The highest BCUT2D eigenvalue weighted by molar-refractivity contribution is 7.23. The van der Waals surface area contributed by atoms with Gasteiger partial charge in [-0.2, -0.15) is 13.2 Å². The van der Waals surface area contributed by atoms with E-state index in [-0.39, 0.29) is 0 Å². The van der Waals surface area contributed by atoms with E-state index in [0.717, 1.165) is 20.2 Å². The van der Waals surface area contributed by atoms with E-state index >= 15 is 0 Å². The van der Waals surface area contributed by atoms with Crippen LogP contribution in [0.3, 0.4) is 0 Å². The second kappa shape index (κ2) is 5.40. The third kappa shape index (κ3) is 3.74. The average molecular weight is 299 g/mol. The normalized spacial score (nSPS) is 10.9. The van der Waals surface area contributed by atoms with Crippen LogP contribution in [0.25, 0.3) is 10.2 Å². The zero-order valence-electron chi connectivity index (χ0n) is 8.53. The molecular weight excluding hydrogens is 293 g/mol. The summed E-state index contributed by atoms with van der Waals surface area (Å²) in [5, 5.41) is 7.12. The van der Waals surface area contributed by atoms with Gasteiger partial charge in [0.2, 0.25) is 0 Å². The van der Waals surface area contributed by atoms with Crippen LogP contribution in [0.1, 0.15) is 0 Å². The van der Waals surface area contributed by atoms with Gasteiger partial charge in [-0.25, -0.2) is 4.79 Å². The van der Waals surface area contributed by atoms with Gasteiger partial charge in [-0.3, -0.25) is 4.98 Å². The Labute approximate surface area is 108 Å². The van der Waals surface area contributed by atoms with Crippen LogP contribution in [0.4, 0.5) is 18.9 Å². The Hall–Kier alpha value is -1.54. The average Bonchev–Trinajstić information content (AvgIpc) is 2.59. The minimum Gasteiger partial charge on any atom is -0.475 e. The molecule has 2 rings (SSSR count). The number of aliphatic carboxylic acids is 1. The van der Waals surface area contributed by atoms with Gasteiger partial charge in [0.05, 0.1) is 20.2 Å². The second-order valence-electron chi connectivity index (χ2n) is 2.97. The van der Waals surface area contributed by atoms with Crippen LogP contribution in [-0.2, 0) is 4.79 Å². The van der Waals surface area contributed by atoms with Gasteiger partial charge in [-0.15, -0.1) is 11.3 Å². The van der Waals surface area contributed by atoms with E-state index in [1.165, 1.54) is 11.3 Å². The van der Waals surface area contributed by atoms with Crippen LogP contribution in [0, 0.1) is 0 Å². The van der Waals surface area contributed by atoms with Gasteiger partial charge < -0.3 is 10.8 Å². The van der Waals surface area contributed by atoms with Crippen molar-refractivity contribution in [2.24, 2.45) is 0 Å². The maximum atomic E-state index is 10.6. The lowest BCUT2D eigenvalue weighted by Gasteiger charge is -1.93. The number of fused-ring (bicyclic) bond motifs is 1. The summed E-state index contributed by atoms with van der Waals surface area (Å²) in [6.07, 6.45) is -3.40. The Morgan fingerprint density at radius 3 is 2.50 bits per heavy atom. The van der Waals surface area contributed by atoms with E-state index in [1.54, 1.807) is 12.3 Å². The number of halogens is 4. The lowest BCUT2D eigenvalue weighted by Crippen LogP contribution is -2.21. The van der Waals surface area contributed by atoms with E-state index in [2.05, 4.69) is 4.98 Å². The van der Waals surface area contributed by atoms with Crippen LogP contribution in [0.2, 0.25) is 4.34 Å². The molecule has 0 unspecified atom stereocenters. The van der Waals surface area contributed by atoms with Crippen molar-refractivity contribution >= 4 is 44.8 Å². The standard InChI is InChI=1S/C7H5ClN2S.C2HF3O2/c8-6-3-5-7(11-6)4(9)1-2-10-5;3-2(4,5)1(6)7/h1-3H,(H2,9,10);(H,6,7). The molecule has 0 fully saturated rings. The molecule has 0 aliphatic rings. The molecule has 0 saturated carbocycles. The zero-order chi connectivity index (χ0) is 13.9. The highest BCUT2D eigenvalue weighted by Gasteiger charge is 2.38. The van der Waals surface area contributed by atoms with E-state index in [0.29, 0.717) is 0 Å². The molecule has 9 heteroatoms. The first-order chi connectivity index (χ1) is 8.21. The predicted molar refractivity (Wildman–Crippen MR) is 62.7 cm³/mol. The minimum absolute atomic E-state index is 0.727. The number of alkyl halides is 3. The Morgan fingerprint density at radius 2 is 2.06 bits per heavy atom. The Kier molecular flexibility index (Phi) is 4.36. The summed E-state index contributed by atoms with van der Waals surface area (Å²) < 4.78 is 33.4. The number of anilines is 1. The summed E-state index contributed by atoms with van der Waals surface area (Å²) in [5.74, 6) is -2.76. The molecule has 2 heterocycles. The summed E-state index contributed by atoms with van der Waals surface area (Å²) in [4.78, 5) is 13.0. The number of carbonyl (C=O) groups is 1. The number of aromatic nitrogens is 1. The fraction of sp³-hybridized carbons (Fsp3) is 0.111. The smallest absolute Gasteiger partial charge is 0.475 e. The SMILES string of the molecule is Nc1ccnc2cc(Cl)sc12.O=C(O)C(F)(F)F. The Balaban J connectivity index is 0.000000203. The first-order valence-electron chi connectivity index (χ1n) is 4.31. The molecule has 2 aromatic rings. The van der Waals surface area contributed by atoms with E-state index < -0.39 is 12.1 Å². The third-order valence-electron chi connectivity index (χ3n) is 1.65. The van der Waals surface area contributed by atoms with Crippen molar-refractivity contribution in [1.82, 2.24) is 4.98 Å². The summed E-state index contributed by atoms with van der Waals surface area (Å²) in [7, 11) is 0. The molecule has 0 atom stereocenters. The van der Waals surface area contributed by atoms with Crippen LogP contribution < -0.4 is 5.73 Å². The topological polar surface area (TPSA) is 76.2 Å². The largest absolute Gasteiger partial charge is 0.490 e. The zero-order valence-corrected chi connectivity index (χ0v) is 10.1. The summed E-state index contributed by atoms with van der Waals surface area (Å²) in [6.45, 7) is 0. The number of rotatable bonds is 0. The second-order valence-corrected chi connectivity index (χ2v) is 4.65. The molecule has 0 saturated heterocycles. The molecule has 0 radical (unpaired) electrons. The van der Waals surface area contributed by atoms with Gasteiger partial charge in [-0.1, -0.05) is 11.6 Å². The molecule has 3 N–H and O–H groups in total. The number of hydrogen-bond acceptors (Lipinski definition) is 4. The number of carboxylic acid groups (broad SMARTS) is 1. The van der Waals surface area contributed by atoms with Crippen LogP contribution >= 0.6 is 22.9 Å². The van der Waals surface area contributed by atoms with Gasteiger partial charge in [0.1, 0.15) is 0 Å². The van der Waals surface area contributed by atoms with Crippen molar-refractivity contribution in [2.45, 2.75) is 6.18 Å². The quantitative estimate of drug-likeness (QED) is 0.783. The molecule has 4 nitrogen and oxygen atoms in total. The van der Waals surface area contributed by atoms with Gasteiger partial charge >= 0.3 is 12.1 Å². The molecule has 0 aliphatic heterocycles. The lowest BCUT2D eigenvalue weighted by atomic mass is 10.3. The maximum absolute atomic E-state index is 10.6. The number of pyridine rings is 1. The van der Waals surface area contributed by atoms with E-state index in [4.69, 9.17) is 27.2 Å². The van der Waals surface area contributed by atoms with Crippen molar-refractivity contribution in [3.8, 4) is 0 Å². The van der Waals surface area contributed by atoms with Crippen molar-refractivity contribution in [1.29, 1.82) is 0 Å². The summed E-state index contributed by atoms with van der Waals surface area (Å²) >= 11 is 7.23. The minimum atomic E-state index is -5.08. The lowest BCUT2D eigenvalue weighted by molar-refractivity contribution is -0.192. The fourth-order valence-electron chi connectivity index (χ4n) is 0.929. The first kappa shape index (κ1) is 14.5. The highest BCUT2D eigenvalue weighted by Crippen LogP contribution is 2.31. The molecule has 0 aliphatic carbocycles. The molecule has 0 amide bonds. The number of nitrogens with zero attached hydrogens (tertiary/aromatic N) is 1. The molecular formula is C9H6ClF3N2O2S. The predicted octanol–water partition coefficient (Wildman–Crippen LogP) is 3.17. The number of nitrogen functional groups attached to an aromatic ring is 1. The van der Waals surface area contributed by atoms with Gasteiger partial charge in [-0.05, 0) is 12.1 Å². The third-order valence-corrected chi connectivity index (χ3v) is 2.96. The molecule has 2 aromatic heterocycles. The summed E-state index contributed by atoms with van der Waals surface area (Å²) in [5.41, 5.74) is 7.30. The molecule has 0 aromatic carbocycles. The molecule has 98 valence electrons. The van der Waals surface area contributed by atoms with Crippen molar-refractivity contribution in [3.63, 3.8) is 0 Å². The molecule has 18 heavy (non-hydrogen) atoms. The Morgan fingerprint density at radius 1 is 1.50 bits per heavy atom. The van der Waals surface area contributed by atoms with Gasteiger partial charge in [0, 0.05) is 6.20 Å².